The van der Waals surface area contributed by atoms with Gasteiger partial charge in [-0.1, -0.05) is 24.9 Å². The highest BCUT2D eigenvalue weighted by Crippen LogP contribution is 2.36. The van der Waals surface area contributed by atoms with Gasteiger partial charge in [0.2, 0.25) is 0 Å². The summed E-state index contributed by atoms with van der Waals surface area (Å²) in [7, 11) is 1.60. The summed E-state index contributed by atoms with van der Waals surface area (Å²) in [6.07, 6.45) is 2.94. The average molecular weight is 316 g/mol. The normalized spacial score (nSPS) is 12.2. The number of nitrogens with two attached hydrogens (primary N) is 1. The number of halogens is 1. The van der Waals surface area contributed by atoms with Crippen LogP contribution in [0.3, 0.4) is 0 Å². The molecule has 0 saturated heterocycles. The van der Waals surface area contributed by atoms with Crippen LogP contribution < -0.4 is 15.2 Å². The third-order valence-corrected chi connectivity index (χ3v) is 3.24. The van der Waals surface area contributed by atoms with Crippen molar-refractivity contribution < 1.29 is 14.2 Å². The molecular weight excluding hydrogens is 290 g/mol. The number of hydrogen-bond donors (Lipinski definition) is 1. The lowest BCUT2D eigenvalue weighted by Gasteiger charge is -2.15. The van der Waals surface area contributed by atoms with Crippen LogP contribution in [0.2, 0.25) is 5.02 Å². The van der Waals surface area contributed by atoms with Gasteiger partial charge in [-0.15, -0.1) is 0 Å². The first-order valence-corrected chi connectivity index (χ1v) is 7.78. The van der Waals surface area contributed by atoms with Crippen molar-refractivity contribution in [2.24, 2.45) is 5.73 Å². The van der Waals surface area contributed by atoms with Crippen LogP contribution in [0.1, 0.15) is 32.3 Å². The second kappa shape index (κ2) is 9.87. The summed E-state index contributed by atoms with van der Waals surface area (Å²) in [6, 6.07) is 3.87. The molecule has 0 heterocycles. The first-order valence-electron chi connectivity index (χ1n) is 7.41. The summed E-state index contributed by atoms with van der Waals surface area (Å²) >= 11 is 6.27. The van der Waals surface area contributed by atoms with Crippen LogP contribution in [0.5, 0.6) is 11.5 Å². The van der Waals surface area contributed by atoms with E-state index in [4.69, 9.17) is 31.5 Å². The lowest BCUT2D eigenvalue weighted by atomic mass is 10.1. The van der Waals surface area contributed by atoms with E-state index < -0.39 is 0 Å². The molecule has 4 nitrogen and oxygen atoms in total. The van der Waals surface area contributed by atoms with Crippen LogP contribution >= 0.6 is 11.6 Å². The molecule has 0 spiro atoms. The van der Waals surface area contributed by atoms with E-state index in [1.807, 2.05) is 19.1 Å². The van der Waals surface area contributed by atoms with Crippen molar-refractivity contribution in [3.8, 4) is 11.5 Å². The molecular formula is C16H26ClNO3. The van der Waals surface area contributed by atoms with Gasteiger partial charge in [-0.25, -0.2) is 0 Å². The van der Waals surface area contributed by atoms with Crippen LogP contribution in [0.15, 0.2) is 12.1 Å². The van der Waals surface area contributed by atoms with Crippen LogP contribution in [0.4, 0.5) is 0 Å². The maximum absolute atomic E-state index is 6.27. The van der Waals surface area contributed by atoms with E-state index >= 15 is 0 Å². The zero-order chi connectivity index (χ0) is 15.7. The molecule has 0 fully saturated rings. The van der Waals surface area contributed by atoms with Crippen LogP contribution in [-0.2, 0) is 11.2 Å². The Bertz CT molecular complexity index is 424. The average Bonchev–Trinajstić information content (AvgIpc) is 2.43. The number of hydrogen-bond acceptors (Lipinski definition) is 4. The van der Waals surface area contributed by atoms with Gasteiger partial charge in [-0.05, 0) is 37.5 Å². The molecule has 0 amide bonds. The molecule has 1 aromatic carbocycles. The van der Waals surface area contributed by atoms with E-state index in [2.05, 4.69) is 6.92 Å². The molecule has 1 rings (SSSR count). The topological polar surface area (TPSA) is 53.7 Å². The number of methoxy groups -OCH3 is 1. The fraction of sp³-hybridized carbons (Fsp3) is 0.625. The SMILES string of the molecule is CCCCOCCOc1c(Cl)cc(CC(C)N)cc1OC. The van der Waals surface area contributed by atoms with Gasteiger partial charge in [0.1, 0.15) is 6.61 Å². The molecule has 21 heavy (non-hydrogen) atoms. The Kier molecular flexibility index (Phi) is 8.50. The predicted molar refractivity (Wildman–Crippen MR) is 86.6 cm³/mol. The molecule has 1 unspecified atom stereocenters. The highest BCUT2D eigenvalue weighted by atomic mass is 35.5. The highest BCUT2D eigenvalue weighted by Gasteiger charge is 2.12. The Hall–Kier alpha value is -0.970. The maximum Gasteiger partial charge on any atom is 0.179 e. The van der Waals surface area contributed by atoms with E-state index in [-0.39, 0.29) is 6.04 Å². The third-order valence-electron chi connectivity index (χ3n) is 2.96. The fourth-order valence-corrected chi connectivity index (χ4v) is 2.24. The molecule has 2 N–H and O–H groups in total. The zero-order valence-corrected chi connectivity index (χ0v) is 13.9. The van der Waals surface area contributed by atoms with Crippen LogP contribution in [-0.4, -0.2) is 33.0 Å². The Morgan fingerprint density at radius 1 is 1.24 bits per heavy atom. The van der Waals surface area contributed by atoms with Crippen LogP contribution in [0, 0.1) is 0 Å². The standard InChI is InChI=1S/C16H26ClNO3/c1-4-5-6-20-7-8-21-16-14(17)10-13(9-12(2)18)11-15(16)19-3/h10-12H,4-9,18H2,1-3H3. The van der Waals surface area contributed by atoms with Crippen molar-refractivity contribution in [2.75, 3.05) is 26.9 Å². The number of unbranched alkanes of at least 4 members (excludes halogenated alkanes) is 1. The van der Waals surface area contributed by atoms with E-state index in [0.29, 0.717) is 29.7 Å². The smallest absolute Gasteiger partial charge is 0.179 e. The van der Waals surface area contributed by atoms with E-state index in [9.17, 15) is 0 Å². The number of rotatable bonds is 10. The Labute approximate surface area is 132 Å². The molecule has 120 valence electrons. The molecule has 0 aliphatic carbocycles. The van der Waals surface area contributed by atoms with Crippen molar-refractivity contribution in [1.82, 2.24) is 0 Å². The van der Waals surface area contributed by atoms with Gasteiger partial charge in [0.05, 0.1) is 18.7 Å². The van der Waals surface area contributed by atoms with Gasteiger partial charge in [0.25, 0.3) is 0 Å². The summed E-state index contributed by atoms with van der Waals surface area (Å²) in [4.78, 5) is 0. The van der Waals surface area contributed by atoms with Crippen molar-refractivity contribution in [2.45, 2.75) is 39.2 Å². The lowest BCUT2D eigenvalue weighted by Crippen LogP contribution is -2.17. The van der Waals surface area contributed by atoms with Gasteiger partial charge in [-0.2, -0.15) is 0 Å². The minimum atomic E-state index is 0.0736. The van der Waals surface area contributed by atoms with E-state index in [1.165, 1.54) is 0 Å². The molecule has 0 aromatic heterocycles. The minimum absolute atomic E-state index is 0.0736. The van der Waals surface area contributed by atoms with Gasteiger partial charge < -0.3 is 19.9 Å². The molecule has 0 aliphatic heterocycles. The Balaban J connectivity index is 2.60. The summed E-state index contributed by atoms with van der Waals surface area (Å²) in [5.41, 5.74) is 6.85. The van der Waals surface area contributed by atoms with E-state index in [0.717, 1.165) is 31.4 Å². The summed E-state index contributed by atoms with van der Waals surface area (Å²) < 4.78 is 16.5. The summed E-state index contributed by atoms with van der Waals surface area (Å²) in [6.45, 7) is 5.85. The predicted octanol–water partition coefficient (Wildman–Crippen LogP) is 3.43. The molecule has 1 atom stereocenters. The van der Waals surface area contributed by atoms with Gasteiger partial charge in [0.15, 0.2) is 11.5 Å². The second-order valence-electron chi connectivity index (χ2n) is 5.10. The largest absolute Gasteiger partial charge is 0.493 e. The van der Waals surface area contributed by atoms with E-state index in [1.54, 1.807) is 7.11 Å². The first-order chi connectivity index (χ1) is 10.1. The van der Waals surface area contributed by atoms with Crippen molar-refractivity contribution >= 4 is 11.6 Å². The number of ether oxygens (including phenoxy) is 3. The molecule has 0 bridgehead atoms. The maximum atomic E-state index is 6.27. The fourth-order valence-electron chi connectivity index (χ4n) is 1.95. The molecule has 5 heteroatoms. The minimum Gasteiger partial charge on any atom is -0.493 e. The third kappa shape index (κ3) is 6.55. The highest BCUT2D eigenvalue weighted by molar-refractivity contribution is 6.32. The van der Waals surface area contributed by atoms with Crippen molar-refractivity contribution in [1.29, 1.82) is 0 Å². The summed E-state index contributed by atoms with van der Waals surface area (Å²) in [5, 5.41) is 0.540. The quantitative estimate of drug-likeness (QED) is 0.672. The molecule has 0 saturated carbocycles. The zero-order valence-electron chi connectivity index (χ0n) is 13.2. The van der Waals surface area contributed by atoms with Gasteiger partial charge in [0, 0.05) is 12.6 Å². The Morgan fingerprint density at radius 3 is 2.62 bits per heavy atom. The molecule has 1 aromatic rings. The number of benzene rings is 1. The Morgan fingerprint density at radius 2 is 2.00 bits per heavy atom. The van der Waals surface area contributed by atoms with Crippen molar-refractivity contribution in [3.05, 3.63) is 22.7 Å². The monoisotopic (exact) mass is 315 g/mol. The van der Waals surface area contributed by atoms with Gasteiger partial charge in [-0.3, -0.25) is 0 Å². The van der Waals surface area contributed by atoms with Crippen molar-refractivity contribution in [3.63, 3.8) is 0 Å². The summed E-state index contributed by atoms with van der Waals surface area (Å²) in [5.74, 6) is 1.19. The van der Waals surface area contributed by atoms with Crippen LogP contribution in [0.25, 0.3) is 0 Å². The molecule has 0 aliphatic rings. The lowest BCUT2D eigenvalue weighted by molar-refractivity contribution is 0.0970. The second-order valence-corrected chi connectivity index (χ2v) is 5.51. The van der Waals surface area contributed by atoms with Gasteiger partial charge >= 0.3 is 0 Å². The molecule has 0 radical (unpaired) electrons. The first kappa shape index (κ1) is 18.1.